The molecule has 5 nitrogen and oxygen atoms in total. The summed E-state index contributed by atoms with van der Waals surface area (Å²) in [5, 5.41) is 0. The molecular weight excluding hydrogens is 284 g/mol. The van der Waals surface area contributed by atoms with Gasteiger partial charge in [0.1, 0.15) is 12.2 Å². The molecule has 0 bridgehead atoms. The van der Waals surface area contributed by atoms with Crippen LogP contribution in [0.1, 0.15) is 33.3 Å². The van der Waals surface area contributed by atoms with Crippen molar-refractivity contribution in [1.82, 2.24) is 0 Å². The normalized spacial score (nSPS) is 14.7. The fourth-order valence-electron chi connectivity index (χ4n) is 2.04. The van der Waals surface area contributed by atoms with E-state index >= 15 is 0 Å². The second kappa shape index (κ2) is 9.20. The zero-order chi connectivity index (χ0) is 16.5. The van der Waals surface area contributed by atoms with Gasteiger partial charge in [0.2, 0.25) is 0 Å². The number of hydrogen-bond donors (Lipinski definition) is 0. The van der Waals surface area contributed by atoms with E-state index in [1.165, 1.54) is 13.8 Å². The van der Waals surface area contributed by atoms with Crippen molar-refractivity contribution >= 4 is 11.9 Å². The molecule has 0 saturated heterocycles. The maximum Gasteiger partial charge on any atom is 0.302 e. The highest BCUT2D eigenvalue weighted by Gasteiger charge is 2.27. The van der Waals surface area contributed by atoms with E-state index in [0.29, 0.717) is 6.61 Å². The highest BCUT2D eigenvalue weighted by Crippen LogP contribution is 2.17. The number of hydrogen-bond acceptors (Lipinski definition) is 5. The molecule has 1 rings (SSSR count). The molecule has 0 radical (unpaired) electrons. The number of ether oxygens (including phenoxy) is 3. The van der Waals surface area contributed by atoms with Crippen molar-refractivity contribution in [3.8, 4) is 0 Å². The van der Waals surface area contributed by atoms with E-state index in [1.807, 2.05) is 37.3 Å². The third-order valence-electron chi connectivity index (χ3n) is 3.39. The number of esters is 2. The fraction of sp³-hybridized carbons (Fsp3) is 0.529. The van der Waals surface area contributed by atoms with Crippen LogP contribution in [0.4, 0.5) is 0 Å². The van der Waals surface area contributed by atoms with Crippen LogP contribution in [-0.4, -0.2) is 30.8 Å². The Morgan fingerprint density at radius 3 is 2.14 bits per heavy atom. The molecule has 0 heterocycles. The first-order valence-corrected chi connectivity index (χ1v) is 7.36. The van der Waals surface area contributed by atoms with Gasteiger partial charge in [0.15, 0.2) is 0 Å². The summed E-state index contributed by atoms with van der Waals surface area (Å²) in [7, 11) is 0. The summed E-state index contributed by atoms with van der Waals surface area (Å²) < 4.78 is 16.1. The summed E-state index contributed by atoms with van der Waals surface area (Å²) in [6.45, 7) is 7.05. The summed E-state index contributed by atoms with van der Waals surface area (Å²) in [4.78, 5) is 22.3. The number of carbonyl (C=O) groups excluding carboxylic acids is 2. The predicted octanol–water partition coefficient (Wildman–Crippen LogP) is 2.72. The maximum atomic E-state index is 11.3. The molecule has 3 atom stereocenters. The fourth-order valence-corrected chi connectivity index (χ4v) is 2.04. The quantitative estimate of drug-likeness (QED) is 0.691. The topological polar surface area (TPSA) is 61.8 Å². The molecule has 0 aromatic heterocycles. The van der Waals surface area contributed by atoms with Crippen molar-refractivity contribution in [2.45, 2.75) is 46.5 Å². The molecule has 0 fully saturated rings. The zero-order valence-corrected chi connectivity index (χ0v) is 13.6. The summed E-state index contributed by atoms with van der Waals surface area (Å²) >= 11 is 0. The van der Waals surface area contributed by atoms with Crippen molar-refractivity contribution in [3.63, 3.8) is 0 Å². The first kappa shape index (κ1) is 18.2. The Balaban J connectivity index is 2.55. The Morgan fingerprint density at radius 1 is 1.00 bits per heavy atom. The summed E-state index contributed by atoms with van der Waals surface area (Å²) in [5.74, 6) is -0.898. The van der Waals surface area contributed by atoms with E-state index in [9.17, 15) is 9.59 Å². The zero-order valence-electron chi connectivity index (χ0n) is 13.6. The Kier molecular flexibility index (Phi) is 7.60. The van der Waals surface area contributed by atoms with Gasteiger partial charge >= 0.3 is 11.9 Å². The molecule has 0 amide bonds. The van der Waals surface area contributed by atoms with Crippen molar-refractivity contribution in [3.05, 3.63) is 35.9 Å². The van der Waals surface area contributed by atoms with E-state index in [2.05, 4.69) is 0 Å². The second-order valence-corrected chi connectivity index (χ2v) is 5.32. The SMILES string of the molecule is CC(=O)O[C@@H](COCc1ccccc1)[C@@H](C)[C@@H](C)OC(C)=O. The minimum Gasteiger partial charge on any atom is -0.462 e. The lowest BCUT2D eigenvalue weighted by molar-refractivity contribution is -0.161. The van der Waals surface area contributed by atoms with Gasteiger partial charge in [-0.1, -0.05) is 37.3 Å². The molecule has 122 valence electrons. The molecular formula is C17H24O5. The van der Waals surface area contributed by atoms with Crippen molar-refractivity contribution in [2.24, 2.45) is 5.92 Å². The molecule has 0 unspecified atom stereocenters. The van der Waals surface area contributed by atoms with Crippen LogP contribution in [0.15, 0.2) is 30.3 Å². The lowest BCUT2D eigenvalue weighted by Crippen LogP contribution is -2.37. The standard InChI is InChI=1S/C17H24O5/c1-12(13(2)21-14(3)18)17(22-15(4)19)11-20-10-16-8-6-5-7-9-16/h5-9,12-13,17H,10-11H2,1-4H3/t12-,13+,17-/m0/s1. The van der Waals surface area contributed by atoms with Gasteiger partial charge in [-0.15, -0.1) is 0 Å². The first-order chi connectivity index (χ1) is 10.4. The van der Waals surface area contributed by atoms with E-state index in [-0.39, 0.29) is 30.6 Å². The van der Waals surface area contributed by atoms with Gasteiger partial charge in [-0.2, -0.15) is 0 Å². The van der Waals surface area contributed by atoms with Gasteiger partial charge in [-0.05, 0) is 12.5 Å². The van der Waals surface area contributed by atoms with Gasteiger partial charge in [0, 0.05) is 19.8 Å². The van der Waals surface area contributed by atoms with Crippen LogP contribution in [0.3, 0.4) is 0 Å². The van der Waals surface area contributed by atoms with Crippen LogP contribution in [0, 0.1) is 5.92 Å². The largest absolute Gasteiger partial charge is 0.462 e. The summed E-state index contributed by atoms with van der Waals surface area (Å²) in [5.41, 5.74) is 1.05. The highest BCUT2D eigenvalue weighted by atomic mass is 16.6. The smallest absolute Gasteiger partial charge is 0.302 e. The lowest BCUT2D eigenvalue weighted by atomic mass is 9.99. The lowest BCUT2D eigenvalue weighted by Gasteiger charge is -2.27. The van der Waals surface area contributed by atoms with Crippen LogP contribution < -0.4 is 0 Å². The highest BCUT2D eigenvalue weighted by molar-refractivity contribution is 5.66. The molecule has 0 aliphatic heterocycles. The minimum atomic E-state index is -0.462. The Hall–Kier alpha value is -1.88. The van der Waals surface area contributed by atoms with Crippen molar-refractivity contribution in [2.75, 3.05) is 6.61 Å². The van der Waals surface area contributed by atoms with Gasteiger partial charge in [0.25, 0.3) is 0 Å². The van der Waals surface area contributed by atoms with Crippen LogP contribution in [0.5, 0.6) is 0 Å². The van der Waals surface area contributed by atoms with E-state index in [0.717, 1.165) is 5.56 Å². The number of benzene rings is 1. The van der Waals surface area contributed by atoms with Gasteiger partial charge < -0.3 is 14.2 Å². The van der Waals surface area contributed by atoms with Crippen LogP contribution >= 0.6 is 0 Å². The van der Waals surface area contributed by atoms with Crippen molar-refractivity contribution < 1.29 is 23.8 Å². The van der Waals surface area contributed by atoms with Crippen LogP contribution in [-0.2, 0) is 30.4 Å². The third-order valence-corrected chi connectivity index (χ3v) is 3.39. The molecule has 0 spiro atoms. The molecule has 1 aromatic rings. The molecule has 0 N–H and O–H groups in total. The van der Waals surface area contributed by atoms with E-state index < -0.39 is 6.10 Å². The predicted molar refractivity (Wildman–Crippen MR) is 82.0 cm³/mol. The molecule has 0 saturated carbocycles. The average Bonchev–Trinajstić information content (AvgIpc) is 2.45. The minimum absolute atomic E-state index is 0.163. The van der Waals surface area contributed by atoms with Crippen molar-refractivity contribution in [1.29, 1.82) is 0 Å². The molecule has 5 heteroatoms. The van der Waals surface area contributed by atoms with Gasteiger partial charge in [-0.25, -0.2) is 0 Å². The van der Waals surface area contributed by atoms with Crippen LogP contribution in [0.2, 0.25) is 0 Å². The number of carbonyl (C=O) groups is 2. The molecule has 0 aliphatic carbocycles. The van der Waals surface area contributed by atoms with Crippen LogP contribution in [0.25, 0.3) is 0 Å². The summed E-state index contributed by atoms with van der Waals surface area (Å²) in [6, 6.07) is 9.74. The average molecular weight is 308 g/mol. The van der Waals surface area contributed by atoms with E-state index in [1.54, 1.807) is 6.92 Å². The molecule has 22 heavy (non-hydrogen) atoms. The van der Waals surface area contributed by atoms with Gasteiger partial charge in [0.05, 0.1) is 13.2 Å². The molecule has 0 aliphatic rings. The monoisotopic (exact) mass is 308 g/mol. The third kappa shape index (κ3) is 6.72. The Morgan fingerprint density at radius 2 is 1.59 bits per heavy atom. The van der Waals surface area contributed by atoms with E-state index in [4.69, 9.17) is 14.2 Å². The van der Waals surface area contributed by atoms with Gasteiger partial charge in [-0.3, -0.25) is 9.59 Å². The first-order valence-electron chi connectivity index (χ1n) is 7.36. The maximum absolute atomic E-state index is 11.3. The second-order valence-electron chi connectivity index (χ2n) is 5.32. The Labute approximate surface area is 131 Å². The molecule has 1 aromatic carbocycles. The number of rotatable bonds is 8. The summed E-state index contributed by atoms with van der Waals surface area (Å²) in [6.07, 6.45) is -0.822. The Bertz CT molecular complexity index is 471.